The highest BCUT2D eigenvalue weighted by atomic mass is 16.2. The van der Waals surface area contributed by atoms with E-state index in [1.54, 1.807) is 6.07 Å². The summed E-state index contributed by atoms with van der Waals surface area (Å²) in [5, 5.41) is 2.54. The van der Waals surface area contributed by atoms with Gasteiger partial charge in [0, 0.05) is 25.4 Å². The van der Waals surface area contributed by atoms with Crippen molar-refractivity contribution in [1.82, 2.24) is 15.2 Å². The Morgan fingerprint density at radius 1 is 1.58 bits per heavy atom. The standard InChI is InChI=1S/C12H14N4O3/c1-16-10(17)5-9(12(16)19)15-11(18)7-2-3-14-8(4-7)6-13/h2-4,9H,5-6,13H2,1H3,(H,15,18). The largest absolute Gasteiger partial charge is 0.340 e. The summed E-state index contributed by atoms with van der Waals surface area (Å²) in [5.41, 5.74) is 6.39. The molecule has 1 atom stereocenters. The predicted molar refractivity (Wildman–Crippen MR) is 65.8 cm³/mol. The van der Waals surface area contributed by atoms with Crippen LogP contribution in [0.1, 0.15) is 22.5 Å². The van der Waals surface area contributed by atoms with E-state index in [9.17, 15) is 14.4 Å². The number of rotatable bonds is 3. The molecule has 0 bridgehead atoms. The summed E-state index contributed by atoms with van der Waals surface area (Å²) >= 11 is 0. The van der Waals surface area contributed by atoms with Gasteiger partial charge in [0.25, 0.3) is 11.8 Å². The average Bonchev–Trinajstić information content (AvgIpc) is 2.66. The van der Waals surface area contributed by atoms with E-state index in [0.717, 1.165) is 4.90 Å². The molecular weight excluding hydrogens is 248 g/mol. The lowest BCUT2D eigenvalue weighted by atomic mass is 10.2. The fourth-order valence-electron chi connectivity index (χ4n) is 1.84. The molecule has 7 nitrogen and oxygen atoms in total. The van der Waals surface area contributed by atoms with Crippen LogP contribution < -0.4 is 11.1 Å². The summed E-state index contributed by atoms with van der Waals surface area (Å²) in [6, 6.07) is 2.29. The molecule has 19 heavy (non-hydrogen) atoms. The van der Waals surface area contributed by atoms with Crippen molar-refractivity contribution in [2.75, 3.05) is 7.05 Å². The number of amides is 3. The van der Waals surface area contributed by atoms with Crippen molar-refractivity contribution in [2.24, 2.45) is 5.73 Å². The molecule has 1 unspecified atom stereocenters. The van der Waals surface area contributed by atoms with Crippen LogP contribution in [0, 0.1) is 0 Å². The summed E-state index contributed by atoms with van der Waals surface area (Å²) in [5.74, 6) is -1.11. The number of nitrogens with two attached hydrogens (primary N) is 1. The molecule has 3 amide bonds. The number of carbonyl (C=O) groups excluding carboxylic acids is 3. The van der Waals surface area contributed by atoms with Crippen molar-refractivity contribution in [1.29, 1.82) is 0 Å². The van der Waals surface area contributed by atoms with Gasteiger partial charge in [-0.1, -0.05) is 0 Å². The van der Waals surface area contributed by atoms with E-state index in [0.29, 0.717) is 11.3 Å². The van der Waals surface area contributed by atoms with Crippen LogP contribution in [-0.2, 0) is 16.1 Å². The molecule has 2 rings (SSSR count). The molecule has 0 aliphatic carbocycles. The van der Waals surface area contributed by atoms with Gasteiger partial charge in [-0.3, -0.25) is 24.3 Å². The SMILES string of the molecule is CN1C(=O)CC(NC(=O)c2ccnc(CN)c2)C1=O. The fraction of sp³-hybridized carbons (Fsp3) is 0.333. The van der Waals surface area contributed by atoms with Crippen LogP contribution in [0.15, 0.2) is 18.3 Å². The molecule has 100 valence electrons. The number of aromatic nitrogens is 1. The quantitative estimate of drug-likeness (QED) is 0.682. The van der Waals surface area contributed by atoms with Gasteiger partial charge >= 0.3 is 0 Å². The fourth-order valence-corrected chi connectivity index (χ4v) is 1.84. The molecule has 3 N–H and O–H groups in total. The van der Waals surface area contributed by atoms with Crippen LogP contribution in [0.25, 0.3) is 0 Å². The first-order chi connectivity index (χ1) is 9.02. The van der Waals surface area contributed by atoms with Crippen LogP contribution in [0.3, 0.4) is 0 Å². The van der Waals surface area contributed by atoms with Crippen molar-refractivity contribution in [3.63, 3.8) is 0 Å². The van der Waals surface area contributed by atoms with Crippen molar-refractivity contribution >= 4 is 17.7 Å². The molecule has 0 spiro atoms. The van der Waals surface area contributed by atoms with E-state index in [1.807, 2.05) is 0 Å². The lowest BCUT2D eigenvalue weighted by molar-refractivity contribution is -0.137. The van der Waals surface area contributed by atoms with E-state index in [1.165, 1.54) is 19.3 Å². The Hall–Kier alpha value is -2.28. The van der Waals surface area contributed by atoms with Gasteiger partial charge in [0.1, 0.15) is 6.04 Å². The highest BCUT2D eigenvalue weighted by Gasteiger charge is 2.36. The van der Waals surface area contributed by atoms with Gasteiger partial charge in [0.05, 0.1) is 12.1 Å². The lowest BCUT2D eigenvalue weighted by Gasteiger charge is -2.11. The van der Waals surface area contributed by atoms with Crippen LogP contribution in [-0.4, -0.2) is 40.7 Å². The van der Waals surface area contributed by atoms with Crippen LogP contribution in [0.5, 0.6) is 0 Å². The number of hydrogen-bond acceptors (Lipinski definition) is 5. The topological polar surface area (TPSA) is 105 Å². The molecule has 1 saturated heterocycles. The molecule has 0 saturated carbocycles. The average molecular weight is 262 g/mol. The summed E-state index contributed by atoms with van der Waals surface area (Å²) in [6.07, 6.45) is 1.47. The molecule has 1 aliphatic heterocycles. The Balaban J connectivity index is 2.09. The maximum absolute atomic E-state index is 12.0. The first kappa shape index (κ1) is 13.2. The molecule has 0 radical (unpaired) electrons. The zero-order chi connectivity index (χ0) is 14.0. The van der Waals surface area contributed by atoms with Crippen LogP contribution in [0.2, 0.25) is 0 Å². The third-order valence-corrected chi connectivity index (χ3v) is 2.97. The number of likely N-dealkylation sites (N-methyl/N-ethyl adjacent to an activating group) is 1. The predicted octanol–water partition coefficient (Wildman–Crippen LogP) is -0.973. The molecule has 1 aromatic rings. The smallest absolute Gasteiger partial charge is 0.252 e. The molecule has 1 aliphatic rings. The zero-order valence-corrected chi connectivity index (χ0v) is 10.4. The van der Waals surface area contributed by atoms with Crippen molar-refractivity contribution in [3.8, 4) is 0 Å². The molecule has 0 aromatic carbocycles. The minimum absolute atomic E-state index is 0.00406. The minimum atomic E-state index is -0.792. The van der Waals surface area contributed by atoms with Gasteiger partial charge in [-0.25, -0.2) is 0 Å². The second-order valence-electron chi connectivity index (χ2n) is 4.26. The van der Waals surface area contributed by atoms with E-state index in [4.69, 9.17) is 5.73 Å². The molecular formula is C12H14N4O3. The summed E-state index contributed by atoms with van der Waals surface area (Å²) in [4.78, 5) is 40.0. The van der Waals surface area contributed by atoms with Crippen molar-refractivity contribution < 1.29 is 14.4 Å². The van der Waals surface area contributed by atoms with Crippen molar-refractivity contribution in [2.45, 2.75) is 19.0 Å². The number of pyridine rings is 1. The monoisotopic (exact) mass is 262 g/mol. The maximum atomic E-state index is 12.0. The Morgan fingerprint density at radius 2 is 2.32 bits per heavy atom. The van der Waals surface area contributed by atoms with E-state index in [-0.39, 0.29) is 18.9 Å². The van der Waals surface area contributed by atoms with Gasteiger partial charge in [-0.15, -0.1) is 0 Å². The van der Waals surface area contributed by atoms with E-state index < -0.39 is 17.9 Å². The Labute approximate surface area is 109 Å². The lowest BCUT2D eigenvalue weighted by Crippen LogP contribution is -2.40. The second-order valence-corrected chi connectivity index (χ2v) is 4.26. The Kier molecular flexibility index (Phi) is 3.57. The molecule has 2 heterocycles. The number of nitrogens with zero attached hydrogens (tertiary/aromatic N) is 2. The van der Waals surface area contributed by atoms with Gasteiger partial charge < -0.3 is 11.1 Å². The molecule has 1 aromatic heterocycles. The number of likely N-dealkylation sites (tertiary alicyclic amines) is 1. The summed E-state index contributed by atoms with van der Waals surface area (Å²) in [7, 11) is 1.40. The van der Waals surface area contributed by atoms with Crippen LogP contribution in [0.4, 0.5) is 0 Å². The van der Waals surface area contributed by atoms with Gasteiger partial charge in [-0.2, -0.15) is 0 Å². The summed E-state index contributed by atoms with van der Waals surface area (Å²) < 4.78 is 0. The first-order valence-electron chi connectivity index (χ1n) is 5.79. The minimum Gasteiger partial charge on any atom is -0.340 e. The van der Waals surface area contributed by atoms with Crippen LogP contribution >= 0.6 is 0 Å². The van der Waals surface area contributed by atoms with Gasteiger partial charge in [0.15, 0.2) is 0 Å². The number of nitrogens with one attached hydrogen (secondary N) is 1. The Morgan fingerprint density at radius 3 is 2.89 bits per heavy atom. The van der Waals surface area contributed by atoms with Crippen molar-refractivity contribution in [3.05, 3.63) is 29.6 Å². The number of imide groups is 1. The van der Waals surface area contributed by atoms with E-state index >= 15 is 0 Å². The normalized spacial score (nSPS) is 18.8. The number of carbonyl (C=O) groups is 3. The first-order valence-corrected chi connectivity index (χ1v) is 5.79. The second kappa shape index (κ2) is 5.15. The van der Waals surface area contributed by atoms with Gasteiger partial charge in [0.2, 0.25) is 5.91 Å². The maximum Gasteiger partial charge on any atom is 0.252 e. The molecule has 7 heteroatoms. The van der Waals surface area contributed by atoms with Gasteiger partial charge in [-0.05, 0) is 12.1 Å². The summed E-state index contributed by atoms with van der Waals surface area (Å²) in [6.45, 7) is 0.227. The number of hydrogen-bond donors (Lipinski definition) is 2. The van der Waals surface area contributed by atoms with E-state index in [2.05, 4.69) is 10.3 Å². The molecule has 1 fully saturated rings. The highest BCUT2D eigenvalue weighted by Crippen LogP contribution is 2.11. The third-order valence-electron chi connectivity index (χ3n) is 2.97. The zero-order valence-electron chi connectivity index (χ0n) is 10.4. The Bertz CT molecular complexity index is 544. The third kappa shape index (κ3) is 2.60. The highest BCUT2D eigenvalue weighted by molar-refractivity contribution is 6.07.